The molecule has 2 nitrogen and oxygen atoms in total. The molecule has 0 heterocycles. The summed E-state index contributed by atoms with van der Waals surface area (Å²) in [5, 5.41) is 0. The molecule has 1 aromatic rings. The number of ether oxygens (including phenoxy) is 1. The van der Waals surface area contributed by atoms with Crippen molar-refractivity contribution in [2.45, 2.75) is 51.4 Å². The molecule has 112 valence electrons. The van der Waals surface area contributed by atoms with Crippen LogP contribution in [0.1, 0.15) is 50.5 Å². The molecule has 2 rings (SSSR count). The molecule has 0 radical (unpaired) electrons. The van der Waals surface area contributed by atoms with E-state index in [1.807, 2.05) is 0 Å². The Hall–Kier alpha value is -0.540. The minimum Gasteiger partial charge on any atom is -0.497 e. The molecule has 0 bridgehead atoms. The van der Waals surface area contributed by atoms with Gasteiger partial charge in [-0.1, -0.05) is 41.3 Å². The summed E-state index contributed by atoms with van der Waals surface area (Å²) in [7, 11) is 1.71. The molecule has 0 spiro atoms. The van der Waals surface area contributed by atoms with Crippen molar-refractivity contribution in [2.75, 3.05) is 13.7 Å². The van der Waals surface area contributed by atoms with E-state index in [1.54, 1.807) is 7.11 Å². The van der Waals surface area contributed by atoms with E-state index in [4.69, 9.17) is 10.5 Å². The second kappa shape index (κ2) is 7.46. The van der Waals surface area contributed by atoms with Crippen molar-refractivity contribution in [3.8, 4) is 5.75 Å². The first kappa shape index (κ1) is 15.8. The fraction of sp³-hybridized carbons (Fsp3) is 0.647. The number of hydrogen-bond acceptors (Lipinski definition) is 2. The molecule has 1 aliphatic carbocycles. The van der Waals surface area contributed by atoms with E-state index >= 15 is 0 Å². The van der Waals surface area contributed by atoms with Gasteiger partial charge in [-0.05, 0) is 61.8 Å². The van der Waals surface area contributed by atoms with Crippen LogP contribution in [0.25, 0.3) is 0 Å². The standard InChI is InChI=1S/C17H26BrNO/c1-20-15-6-5-14(16(18)13-15)7-10-17(11-12-19)8-3-2-4-9-17/h5-6,13H,2-4,7-12,19H2,1H3. The van der Waals surface area contributed by atoms with Crippen LogP contribution < -0.4 is 10.5 Å². The Morgan fingerprint density at radius 2 is 1.95 bits per heavy atom. The van der Waals surface area contributed by atoms with Gasteiger partial charge in [0.1, 0.15) is 5.75 Å². The third-order valence-electron chi connectivity index (χ3n) is 4.77. The van der Waals surface area contributed by atoms with E-state index in [-0.39, 0.29) is 0 Å². The van der Waals surface area contributed by atoms with Gasteiger partial charge < -0.3 is 10.5 Å². The Bertz CT molecular complexity index is 421. The molecule has 2 N–H and O–H groups in total. The van der Waals surface area contributed by atoms with Gasteiger partial charge >= 0.3 is 0 Å². The van der Waals surface area contributed by atoms with Gasteiger partial charge in [0.15, 0.2) is 0 Å². The lowest BCUT2D eigenvalue weighted by Gasteiger charge is -2.37. The minimum absolute atomic E-state index is 0.492. The molecule has 3 heteroatoms. The van der Waals surface area contributed by atoms with Crippen molar-refractivity contribution in [1.29, 1.82) is 0 Å². The summed E-state index contributed by atoms with van der Waals surface area (Å²) in [6.45, 7) is 0.823. The fourth-order valence-electron chi connectivity index (χ4n) is 3.49. The van der Waals surface area contributed by atoms with Crippen molar-refractivity contribution < 1.29 is 4.74 Å². The van der Waals surface area contributed by atoms with Crippen molar-refractivity contribution >= 4 is 15.9 Å². The molecular weight excluding hydrogens is 314 g/mol. The normalized spacial score (nSPS) is 17.9. The van der Waals surface area contributed by atoms with E-state index in [1.165, 1.54) is 50.5 Å². The molecule has 1 aliphatic rings. The zero-order valence-electron chi connectivity index (χ0n) is 12.5. The molecule has 1 fully saturated rings. The average molecular weight is 340 g/mol. The second-order valence-electron chi connectivity index (χ2n) is 6.06. The maximum atomic E-state index is 5.86. The summed E-state index contributed by atoms with van der Waals surface area (Å²) in [4.78, 5) is 0. The highest BCUT2D eigenvalue weighted by molar-refractivity contribution is 9.10. The zero-order valence-corrected chi connectivity index (χ0v) is 14.0. The van der Waals surface area contributed by atoms with Crippen molar-refractivity contribution in [3.05, 3.63) is 28.2 Å². The summed E-state index contributed by atoms with van der Waals surface area (Å²) in [5.41, 5.74) is 7.73. The molecule has 20 heavy (non-hydrogen) atoms. The Morgan fingerprint density at radius 3 is 2.55 bits per heavy atom. The van der Waals surface area contributed by atoms with Crippen molar-refractivity contribution in [3.63, 3.8) is 0 Å². The summed E-state index contributed by atoms with van der Waals surface area (Å²) in [5.74, 6) is 0.912. The third-order valence-corrected chi connectivity index (χ3v) is 5.51. The molecule has 0 aliphatic heterocycles. The Morgan fingerprint density at radius 1 is 1.20 bits per heavy atom. The highest BCUT2D eigenvalue weighted by Crippen LogP contribution is 2.43. The van der Waals surface area contributed by atoms with Gasteiger partial charge in [-0.2, -0.15) is 0 Å². The quantitative estimate of drug-likeness (QED) is 0.815. The number of nitrogens with two attached hydrogens (primary N) is 1. The van der Waals surface area contributed by atoms with Crippen LogP contribution >= 0.6 is 15.9 Å². The largest absolute Gasteiger partial charge is 0.497 e. The Labute approximate surface area is 131 Å². The van der Waals surface area contributed by atoms with Gasteiger partial charge in [0.2, 0.25) is 0 Å². The van der Waals surface area contributed by atoms with Gasteiger partial charge in [0, 0.05) is 4.47 Å². The predicted octanol–water partition coefficient (Wildman–Crippen LogP) is 4.69. The number of halogens is 1. The third kappa shape index (κ3) is 3.98. The highest BCUT2D eigenvalue weighted by Gasteiger charge is 2.30. The van der Waals surface area contributed by atoms with Crippen LogP contribution in [0.3, 0.4) is 0 Å². The maximum Gasteiger partial charge on any atom is 0.120 e. The van der Waals surface area contributed by atoms with Gasteiger partial charge in [-0.3, -0.25) is 0 Å². The molecule has 0 atom stereocenters. The van der Waals surface area contributed by atoms with Gasteiger partial charge in [-0.15, -0.1) is 0 Å². The van der Waals surface area contributed by atoms with Crippen molar-refractivity contribution in [2.24, 2.45) is 11.1 Å². The number of aryl methyl sites for hydroxylation is 1. The van der Waals surface area contributed by atoms with Crippen molar-refractivity contribution in [1.82, 2.24) is 0 Å². The molecular formula is C17H26BrNO. The van der Waals surface area contributed by atoms with Crippen LogP contribution in [0.4, 0.5) is 0 Å². The summed E-state index contributed by atoms with van der Waals surface area (Å²) in [6, 6.07) is 6.30. The lowest BCUT2D eigenvalue weighted by Crippen LogP contribution is -2.28. The number of hydrogen-bond donors (Lipinski definition) is 1. The zero-order chi connectivity index (χ0) is 14.4. The number of benzene rings is 1. The van der Waals surface area contributed by atoms with E-state index in [0.717, 1.165) is 23.2 Å². The molecule has 1 aromatic carbocycles. The predicted molar refractivity (Wildman–Crippen MR) is 88.2 cm³/mol. The van der Waals surface area contributed by atoms with E-state index in [2.05, 4.69) is 34.1 Å². The lowest BCUT2D eigenvalue weighted by atomic mass is 9.68. The first-order chi connectivity index (χ1) is 9.69. The first-order valence-electron chi connectivity index (χ1n) is 7.72. The molecule has 0 amide bonds. The van der Waals surface area contributed by atoms with Crippen LogP contribution in [0.15, 0.2) is 22.7 Å². The van der Waals surface area contributed by atoms with Crippen LogP contribution in [0, 0.1) is 5.41 Å². The van der Waals surface area contributed by atoms with Gasteiger partial charge in [0.05, 0.1) is 7.11 Å². The highest BCUT2D eigenvalue weighted by atomic mass is 79.9. The van der Waals surface area contributed by atoms with E-state index in [0.29, 0.717) is 5.41 Å². The summed E-state index contributed by atoms with van der Waals surface area (Å²) < 4.78 is 6.42. The van der Waals surface area contributed by atoms with E-state index < -0.39 is 0 Å². The van der Waals surface area contributed by atoms with Gasteiger partial charge in [0.25, 0.3) is 0 Å². The summed E-state index contributed by atoms with van der Waals surface area (Å²) >= 11 is 3.66. The summed E-state index contributed by atoms with van der Waals surface area (Å²) in [6.07, 6.45) is 10.4. The fourth-order valence-corrected chi connectivity index (χ4v) is 4.05. The van der Waals surface area contributed by atoms with Crippen LogP contribution in [-0.2, 0) is 6.42 Å². The van der Waals surface area contributed by atoms with Crippen LogP contribution in [-0.4, -0.2) is 13.7 Å². The lowest BCUT2D eigenvalue weighted by molar-refractivity contribution is 0.161. The van der Waals surface area contributed by atoms with Crippen LogP contribution in [0.2, 0.25) is 0 Å². The Balaban J connectivity index is 2.01. The first-order valence-corrected chi connectivity index (χ1v) is 8.51. The average Bonchev–Trinajstić information content (AvgIpc) is 2.47. The molecule has 0 saturated heterocycles. The van der Waals surface area contributed by atoms with E-state index in [9.17, 15) is 0 Å². The second-order valence-corrected chi connectivity index (χ2v) is 6.91. The topological polar surface area (TPSA) is 35.2 Å². The minimum atomic E-state index is 0.492. The molecule has 1 saturated carbocycles. The number of methoxy groups -OCH3 is 1. The SMILES string of the molecule is COc1ccc(CCC2(CCN)CCCCC2)c(Br)c1. The van der Waals surface area contributed by atoms with Crippen LogP contribution in [0.5, 0.6) is 5.75 Å². The molecule has 0 unspecified atom stereocenters. The van der Waals surface area contributed by atoms with Gasteiger partial charge in [-0.25, -0.2) is 0 Å². The molecule has 0 aromatic heterocycles. The maximum absolute atomic E-state index is 5.86. The Kier molecular flexibility index (Phi) is 5.91. The smallest absolute Gasteiger partial charge is 0.120 e. The number of rotatable bonds is 6. The monoisotopic (exact) mass is 339 g/mol.